The summed E-state index contributed by atoms with van der Waals surface area (Å²) in [7, 11) is 0. The van der Waals surface area contributed by atoms with Crippen molar-refractivity contribution in [2.75, 3.05) is 12.4 Å². The van der Waals surface area contributed by atoms with E-state index in [1.54, 1.807) is 11.8 Å². The van der Waals surface area contributed by atoms with Crippen molar-refractivity contribution >= 4 is 17.7 Å². The Bertz CT molecular complexity index is 405. The number of aryl methyl sites for hydroxylation is 1. The average Bonchev–Trinajstić information content (AvgIpc) is 2.45. The molecule has 0 aliphatic heterocycles. The Morgan fingerprint density at radius 3 is 2.55 bits per heavy atom. The first-order valence-electron chi connectivity index (χ1n) is 7.14. The standard InChI is InChI=1S/C16H25NO2S/c1-4-14(9-13(3)10-18)17-16(19)11-20-15-7-5-12(2)6-8-15/h5-8,13-14,18H,4,9-11H2,1-3H3,(H,17,19)/t13-,14+/m1/s1. The lowest BCUT2D eigenvalue weighted by Crippen LogP contribution is -2.37. The van der Waals surface area contributed by atoms with Gasteiger partial charge >= 0.3 is 0 Å². The lowest BCUT2D eigenvalue weighted by Gasteiger charge is -2.19. The van der Waals surface area contributed by atoms with Crippen LogP contribution in [0.25, 0.3) is 0 Å². The lowest BCUT2D eigenvalue weighted by atomic mass is 10.0. The van der Waals surface area contributed by atoms with Gasteiger partial charge in [0.25, 0.3) is 0 Å². The minimum absolute atomic E-state index is 0.0626. The summed E-state index contributed by atoms with van der Waals surface area (Å²) in [6.07, 6.45) is 1.72. The van der Waals surface area contributed by atoms with Crippen LogP contribution >= 0.6 is 11.8 Å². The maximum atomic E-state index is 11.9. The minimum Gasteiger partial charge on any atom is -0.396 e. The van der Waals surface area contributed by atoms with E-state index in [-0.39, 0.29) is 24.5 Å². The molecule has 0 spiro atoms. The fourth-order valence-corrected chi connectivity index (χ4v) is 2.65. The molecule has 0 aliphatic carbocycles. The molecule has 1 amide bonds. The number of aliphatic hydroxyl groups is 1. The van der Waals surface area contributed by atoms with Gasteiger partial charge in [-0.05, 0) is 37.8 Å². The Kier molecular flexibility index (Phi) is 7.70. The third kappa shape index (κ3) is 6.44. The van der Waals surface area contributed by atoms with Gasteiger partial charge in [-0.15, -0.1) is 11.8 Å². The van der Waals surface area contributed by atoms with Gasteiger partial charge in [-0.2, -0.15) is 0 Å². The highest BCUT2D eigenvalue weighted by Gasteiger charge is 2.13. The molecule has 2 N–H and O–H groups in total. The molecule has 0 aromatic heterocycles. The van der Waals surface area contributed by atoms with Crippen molar-refractivity contribution in [3.8, 4) is 0 Å². The van der Waals surface area contributed by atoms with Gasteiger partial charge in [-0.1, -0.05) is 31.5 Å². The molecular weight excluding hydrogens is 270 g/mol. The van der Waals surface area contributed by atoms with Gasteiger partial charge in [0, 0.05) is 17.5 Å². The van der Waals surface area contributed by atoms with E-state index in [0.717, 1.165) is 17.7 Å². The molecule has 3 nitrogen and oxygen atoms in total. The molecule has 0 heterocycles. The second-order valence-corrected chi connectivity index (χ2v) is 6.35. The summed E-state index contributed by atoms with van der Waals surface area (Å²) < 4.78 is 0. The van der Waals surface area contributed by atoms with Crippen LogP contribution in [0.4, 0.5) is 0 Å². The van der Waals surface area contributed by atoms with Crippen LogP contribution in [0, 0.1) is 12.8 Å². The molecule has 1 rings (SSSR count). The summed E-state index contributed by atoms with van der Waals surface area (Å²) in [6.45, 7) is 6.28. The number of amides is 1. The van der Waals surface area contributed by atoms with E-state index >= 15 is 0 Å². The Labute approximate surface area is 126 Å². The minimum atomic E-state index is 0.0626. The molecule has 0 saturated heterocycles. The maximum absolute atomic E-state index is 11.9. The number of hydrogen-bond acceptors (Lipinski definition) is 3. The predicted molar refractivity (Wildman–Crippen MR) is 85.0 cm³/mol. The molecule has 0 fully saturated rings. The van der Waals surface area contributed by atoms with Crippen LogP contribution in [-0.4, -0.2) is 29.4 Å². The summed E-state index contributed by atoms with van der Waals surface area (Å²) in [6, 6.07) is 8.34. The van der Waals surface area contributed by atoms with Gasteiger partial charge in [0.15, 0.2) is 0 Å². The highest BCUT2D eigenvalue weighted by Crippen LogP contribution is 2.18. The fourth-order valence-electron chi connectivity index (χ4n) is 1.94. The number of aliphatic hydroxyl groups excluding tert-OH is 1. The van der Waals surface area contributed by atoms with Crippen molar-refractivity contribution in [2.24, 2.45) is 5.92 Å². The Balaban J connectivity index is 2.36. The smallest absolute Gasteiger partial charge is 0.230 e. The Morgan fingerprint density at radius 2 is 2.00 bits per heavy atom. The number of carbonyl (C=O) groups excluding carboxylic acids is 1. The topological polar surface area (TPSA) is 49.3 Å². The van der Waals surface area contributed by atoms with Crippen molar-refractivity contribution in [1.82, 2.24) is 5.32 Å². The van der Waals surface area contributed by atoms with Crippen molar-refractivity contribution in [3.63, 3.8) is 0 Å². The van der Waals surface area contributed by atoms with Gasteiger partial charge in [0.1, 0.15) is 0 Å². The second-order valence-electron chi connectivity index (χ2n) is 5.30. The zero-order valence-electron chi connectivity index (χ0n) is 12.6. The van der Waals surface area contributed by atoms with Crippen molar-refractivity contribution in [3.05, 3.63) is 29.8 Å². The molecule has 0 saturated carbocycles. The first-order valence-corrected chi connectivity index (χ1v) is 8.13. The third-order valence-corrected chi connectivity index (χ3v) is 4.26. The second kappa shape index (κ2) is 9.03. The van der Waals surface area contributed by atoms with Gasteiger partial charge in [0.05, 0.1) is 5.75 Å². The van der Waals surface area contributed by atoms with E-state index in [9.17, 15) is 4.79 Å². The zero-order chi connectivity index (χ0) is 15.0. The van der Waals surface area contributed by atoms with Crippen LogP contribution in [0.15, 0.2) is 29.2 Å². The number of benzene rings is 1. The number of nitrogens with one attached hydrogen (secondary N) is 1. The van der Waals surface area contributed by atoms with E-state index in [1.165, 1.54) is 5.56 Å². The fraction of sp³-hybridized carbons (Fsp3) is 0.562. The molecule has 0 unspecified atom stereocenters. The van der Waals surface area contributed by atoms with E-state index in [2.05, 4.69) is 31.3 Å². The summed E-state index contributed by atoms with van der Waals surface area (Å²) in [5, 5.41) is 12.1. The Morgan fingerprint density at radius 1 is 1.35 bits per heavy atom. The predicted octanol–water partition coefficient (Wildman–Crippen LogP) is 3.00. The van der Waals surface area contributed by atoms with Crippen LogP contribution in [0.1, 0.15) is 32.3 Å². The van der Waals surface area contributed by atoms with E-state index in [1.807, 2.05) is 19.1 Å². The van der Waals surface area contributed by atoms with E-state index in [0.29, 0.717) is 5.75 Å². The maximum Gasteiger partial charge on any atom is 0.230 e. The SMILES string of the molecule is CC[C@@H](C[C@@H](C)CO)NC(=O)CSc1ccc(C)cc1. The zero-order valence-corrected chi connectivity index (χ0v) is 13.4. The normalized spacial score (nSPS) is 13.8. The molecule has 0 radical (unpaired) electrons. The summed E-state index contributed by atoms with van der Waals surface area (Å²) in [5.41, 5.74) is 1.22. The number of rotatable bonds is 8. The lowest BCUT2D eigenvalue weighted by molar-refractivity contribution is -0.119. The molecule has 0 aliphatic rings. The monoisotopic (exact) mass is 295 g/mol. The number of hydrogen-bond donors (Lipinski definition) is 2. The van der Waals surface area contributed by atoms with Gasteiger partial charge < -0.3 is 10.4 Å². The molecule has 1 aromatic rings. The molecule has 0 bridgehead atoms. The van der Waals surface area contributed by atoms with Gasteiger partial charge in [-0.3, -0.25) is 4.79 Å². The molecule has 2 atom stereocenters. The summed E-state index contributed by atoms with van der Waals surface area (Å²) >= 11 is 1.55. The number of carbonyl (C=O) groups is 1. The average molecular weight is 295 g/mol. The van der Waals surface area contributed by atoms with Crippen LogP contribution in [0.2, 0.25) is 0 Å². The molecule has 4 heteroatoms. The molecule has 20 heavy (non-hydrogen) atoms. The van der Waals surface area contributed by atoms with Gasteiger partial charge in [-0.25, -0.2) is 0 Å². The van der Waals surface area contributed by atoms with E-state index < -0.39 is 0 Å². The largest absolute Gasteiger partial charge is 0.396 e. The third-order valence-electron chi connectivity index (χ3n) is 3.25. The number of thioether (sulfide) groups is 1. The summed E-state index contributed by atoms with van der Waals surface area (Å²) in [5.74, 6) is 0.727. The molecule has 1 aromatic carbocycles. The Hall–Kier alpha value is -1.00. The molecule has 112 valence electrons. The highest BCUT2D eigenvalue weighted by atomic mass is 32.2. The van der Waals surface area contributed by atoms with Crippen molar-refractivity contribution in [2.45, 2.75) is 44.6 Å². The molecular formula is C16H25NO2S. The van der Waals surface area contributed by atoms with E-state index in [4.69, 9.17) is 5.11 Å². The van der Waals surface area contributed by atoms with Crippen molar-refractivity contribution < 1.29 is 9.90 Å². The quantitative estimate of drug-likeness (QED) is 0.725. The van der Waals surface area contributed by atoms with Crippen molar-refractivity contribution in [1.29, 1.82) is 0 Å². The van der Waals surface area contributed by atoms with Crippen LogP contribution in [0.3, 0.4) is 0 Å². The summed E-state index contributed by atoms with van der Waals surface area (Å²) in [4.78, 5) is 13.0. The van der Waals surface area contributed by atoms with Crippen LogP contribution in [-0.2, 0) is 4.79 Å². The van der Waals surface area contributed by atoms with Gasteiger partial charge in [0.2, 0.25) is 5.91 Å². The highest BCUT2D eigenvalue weighted by molar-refractivity contribution is 8.00. The first kappa shape index (κ1) is 17.1. The van der Waals surface area contributed by atoms with Crippen LogP contribution < -0.4 is 5.32 Å². The van der Waals surface area contributed by atoms with Crippen LogP contribution in [0.5, 0.6) is 0 Å². The first-order chi connectivity index (χ1) is 9.55.